The molecule has 2 saturated heterocycles. The highest BCUT2D eigenvalue weighted by Gasteiger charge is 2.35. The number of hydrogen-bond donors (Lipinski definition) is 0. The molecule has 2 aromatic rings. The Morgan fingerprint density at radius 2 is 1.97 bits per heavy atom. The van der Waals surface area contributed by atoms with Gasteiger partial charge in [0.1, 0.15) is 30.9 Å². The number of nitrogens with zero attached hydrogens (tertiary/aromatic N) is 3. The Balaban J connectivity index is 1.30. The Morgan fingerprint density at radius 3 is 2.68 bits per heavy atom. The molecule has 0 N–H and O–H groups in total. The minimum absolute atomic E-state index is 0.0112. The molecule has 1 aromatic carbocycles. The van der Waals surface area contributed by atoms with Crippen molar-refractivity contribution < 1.29 is 23.5 Å². The zero-order chi connectivity index (χ0) is 21.8. The third kappa shape index (κ3) is 5.02. The summed E-state index contributed by atoms with van der Waals surface area (Å²) in [5.41, 5.74) is 1.35. The molecule has 7 nitrogen and oxygen atoms in total. The van der Waals surface area contributed by atoms with Crippen LogP contribution in [0.1, 0.15) is 28.9 Å². The molecule has 2 aliphatic heterocycles. The van der Waals surface area contributed by atoms with Gasteiger partial charge in [-0.3, -0.25) is 14.6 Å². The molecule has 8 heteroatoms. The summed E-state index contributed by atoms with van der Waals surface area (Å²) in [6.07, 6.45) is 2.88. The number of ether oxygens (including phenoxy) is 2. The van der Waals surface area contributed by atoms with Crippen LogP contribution in [0.2, 0.25) is 0 Å². The molecule has 1 atom stereocenters. The van der Waals surface area contributed by atoms with Crippen molar-refractivity contribution in [2.75, 3.05) is 32.8 Å². The molecule has 31 heavy (non-hydrogen) atoms. The minimum atomic E-state index is -0.318. The van der Waals surface area contributed by atoms with E-state index in [1.54, 1.807) is 30.5 Å². The van der Waals surface area contributed by atoms with E-state index in [-0.39, 0.29) is 43.0 Å². The van der Waals surface area contributed by atoms with Gasteiger partial charge in [0.25, 0.3) is 5.91 Å². The van der Waals surface area contributed by atoms with E-state index < -0.39 is 0 Å². The van der Waals surface area contributed by atoms with Crippen molar-refractivity contribution in [3.05, 3.63) is 59.7 Å². The monoisotopic (exact) mass is 427 g/mol. The first-order chi connectivity index (χ1) is 15.0. The lowest BCUT2D eigenvalue weighted by Crippen LogP contribution is -2.55. The summed E-state index contributed by atoms with van der Waals surface area (Å²) in [5, 5.41) is 0. The van der Waals surface area contributed by atoms with E-state index in [2.05, 4.69) is 4.98 Å². The fourth-order valence-corrected chi connectivity index (χ4v) is 4.08. The van der Waals surface area contributed by atoms with Gasteiger partial charge in [-0.25, -0.2) is 4.39 Å². The number of morpholine rings is 1. The van der Waals surface area contributed by atoms with E-state index in [4.69, 9.17) is 9.47 Å². The number of aromatic nitrogens is 1. The Kier molecular flexibility index (Phi) is 6.46. The number of likely N-dealkylation sites (tertiary alicyclic amines) is 1. The van der Waals surface area contributed by atoms with Crippen molar-refractivity contribution in [2.24, 2.45) is 0 Å². The zero-order valence-electron chi connectivity index (χ0n) is 17.5. The smallest absolute Gasteiger partial charge is 0.255 e. The van der Waals surface area contributed by atoms with E-state index in [0.717, 1.165) is 18.5 Å². The van der Waals surface area contributed by atoms with Gasteiger partial charge in [-0.1, -0.05) is 0 Å². The van der Waals surface area contributed by atoms with Gasteiger partial charge in [0.05, 0.1) is 12.1 Å². The van der Waals surface area contributed by atoms with E-state index in [0.29, 0.717) is 30.9 Å². The zero-order valence-corrected chi connectivity index (χ0v) is 17.5. The lowest BCUT2D eigenvalue weighted by atomic mass is 10.0. The first kappa shape index (κ1) is 21.2. The summed E-state index contributed by atoms with van der Waals surface area (Å²) >= 11 is 0. The Morgan fingerprint density at radius 1 is 1.23 bits per heavy atom. The molecular formula is C23H26FN3O4. The fraction of sp³-hybridized carbons (Fsp3) is 0.435. The third-order valence-electron chi connectivity index (χ3n) is 5.84. The number of amides is 2. The van der Waals surface area contributed by atoms with E-state index in [9.17, 15) is 14.0 Å². The van der Waals surface area contributed by atoms with Gasteiger partial charge in [-0.15, -0.1) is 0 Å². The molecular weight excluding hydrogens is 401 g/mol. The van der Waals surface area contributed by atoms with E-state index in [1.165, 1.54) is 12.1 Å². The summed E-state index contributed by atoms with van der Waals surface area (Å²) in [7, 11) is 0. The lowest BCUT2D eigenvalue weighted by molar-refractivity contribution is -0.155. The molecule has 164 valence electrons. The molecule has 1 aromatic heterocycles. The standard InChI is InChI=1S/C23H26FN3O4/c1-16-21(3-2-10-25-16)23(29)26-11-8-18(9-12-26)27-13-20(31-15-22(27)28)14-30-19-6-4-17(24)5-7-19/h2-7,10,18,20H,8-9,11-15H2,1H3. The summed E-state index contributed by atoms with van der Waals surface area (Å²) in [5.74, 6) is 0.196. The molecule has 0 saturated carbocycles. The highest BCUT2D eigenvalue weighted by atomic mass is 19.1. The van der Waals surface area contributed by atoms with Crippen LogP contribution in [0.25, 0.3) is 0 Å². The van der Waals surface area contributed by atoms with Crippen LogP contribution in [0.15, 0.2) is 42.6 Å². The SMILES string of the molecule is Cc1ncccc1C(=O)N1CCC(N2CC(COc3ccc(F)cc3)OCC2=O)CC1. The van der Waals surface area contributed by atoms with Crippen LogP contribution in [0, 0.1) is 12.7 Å². The van der Waals surface area contributed by atoms with Crippen LogP contribution < -0.4 is 4.74 Å². The minimum Gasteiger partial charge on any atom is -0.491 e. The van der Waals surface area contributed by atoms with Crippen molar-refractivity contribution >= 4 is 11.8 Å². The van der Waals surface area contributed by atoms with Crippen molar-refractivity contribution in [2.45, 2.75) is 31.9 Å². The van der Waals surface area contributed by atoms with E-state index >= 15 is 0 Å². The molecule has 2 fully saturated rings. The second-order valence-electron chi connectivity index (χ2n) is 7.90. The highest BCUT2D eigenvalue weighted by molar-refractivity contribution is 5.95. The number of aryl methyl sites for hydroxylation is 1. The predicted molar refractivity (Wildman–Crippen MR) is 111 cm³/mol. The molecule has 2 amide bonds. The van der Waals surface area contributed by atoms with Crippen molar-refractivity contribution in [3.8, 4) is 5.75 Å². The number of piperidine rings is 1. The number of pyridine rings is 1. The summed E-state index contributed by atoms with van der Waals surface area (Å²) in [6, 6.07) is 9.46. The van der Waals surface area contributed by atoms with Gasteiger partial charge >= 0.3 is 0 Å². The van der Waals surface area contributed by atoms with Gasteiger partial charge in [-0.05, 0) is 56.2 Å². The molecule has 1 unspecified atom stereocenters. The van der Waals surface area contributed by atoms with Crippen molar-refractivity contribution in [1.29, 1.82) is 0 Å². The topological polar surface area (TPSA) is 72.0 Å². The second kappa shape index (κ2) is 9.43. The highest BCUT2D eigenvalue weighted by Crippen LogP contribution is 2.22. The predicted octanol–water partition coefficient (Wildman–Crippen LogP) is 2.44. The third-order valence-corrected chi connectivity index (χ3v) is 5.84. The van der Waals surface area contributed by atoms with Gasteiger partial charge in [-0.2, -0.15) is 0 Å². The maximum Gasteiger partial charge on any atom is 0.255 e. The van der Waals surface area contributed by atoms with Crippen LogP contribution in [-0.2, 0) is 9.53 Å². The number of benzene rings is 1. The van der Waals surface area contributed by atoms with Crippen LogP contribution in [0.5, 0.6) is 5.75 Å². The van der Waals surface area contributed by atoms with Gasteiger partial charge in [0, 0.05) is 31.0 Å². The normalized spacial score (nSPS) is 20.1. The maximum absolute atomic E-state index is 13.0. The summed E-state index contributed by atoms with van der Waals surface area (Å²) < 4.78 is 24.3. The molecule has 3 heterocycles. The summed E-state index contributed by atoms with van der Waals surface area (Å²) in [4.78, 5) is 33.2. The quantitative estimate of drug-likeness (QED) is 0.733. The average molecular weight is 427 g/mol. The van der Waals surface area contributed by atoms with Crippen LogP contribution in [0.4, 0.5) is 4.39 Å². The van der Waals surface area contributed by atoms with Crippen LogP contribution in [0.3, 0.4) is 0 Å². The molecule has 2 aliphatic rings. The average Bonchev–Trinajstić information content (AvgIpc) is 2.79. The number of carbonyl (C=O) groups excluding carboxylic acids is 2. The molecule has 0 radical (unpaired) electrons. The second-order valence-corrected chi connectivity index (χ2v) is 7.90. The first-order valence-electron chi connectivity index (χ1n) is 10.5. The van der Waals surface area contributed by atoms with E-state index in [1.807, 2.05) is 16.7 Å². The van der Waals surface area contributed by atoms with Crippen molar-refractivity contribution in [3.63, 3.8) is 0 Å². The Labute approximate surface area is 180 Å². The number of carbonyl (C=O) groups is 2. The van der Waals surface area contributed by atoms with Crippen molar-refractivity contribution in [1.82, 2.24) is 14.8 Å². The Hall–Kier alpha value is -3.00. The fourth-order valence-electron chi connectivity index (χ4n) is 4.08. The molecule has 0 spiro atoms. The molecule has 4 rings (SSSR count). The molecule has 0 aliphatic carbocycles. The lowest BCUT2D eigenvalue weighted by Gasteiger charge is -2.42. The number of halogens is 1. The number of hydrogen-bond acceptors (Lipinski definition) is 5. The summed E-state index contributed by atoms with van der Waals surface area (Å²) in [6.45, 7) is 3.78. The maximum atomic E-state index is 13.0. The Bertz CT molecular complexity index is 929. The van der Waals surface area contributed by atoms with Crippen LogP contribution >= 0.6 is 0 Å². The van der Waals surface area contributed by atoms with Gasteiger partial charge in [0.15, 0.2) is 0 Å². The molecule has 0 bridgehead atoms. The first-order valence-corrected chi connectivity index (χ1v) is 10.5. The van der Waals surface area contributed by atoms with Gasteiger partial charge in [0.2, 0.25) is 5.91 Å². The largest absolute Gasteiger partial charge is 0.491 e. The van der Waals surface area contributed by atoms with Gasteiger partial charge < -0.3 is 19.3 Å². The number of rotatable bonds is 5. The van der Waals surface area contributed by atoms with Crippen LogP contribution in [-0.4, -0.2) is 71.6 Å².